The fourth-order valence-electron chi connectivity index (χ4n) is 4.07. The molecule has 0 bridgehead atoms. The molecule has 26 heavy (non-hydrogen) atoms. The Morgan fingerprint density at radius 3 is 2.65 bits per heavy atom. The van der Waals surface area contributed by atoms with E-state index in [1.54, 1.807) is 4.90 Å². The molecule has 2 aromatic rings. The highest BCUT2D eigenvalue weighted by Gasteiger charge is 2.42. The van der Waals surface area contributed by atoms with Crippen molar-refractivity contribution in [2.24, 2.45) is 5.92 Å². The Balaban J connectivity index is 1.59. The zero-order chi connectivity index (χ0) is 18.3. The molecule has 0 radical (unpaired) electrons. The van der Waals surface area contributed by atoms with E-state index in [1.165, 1.54) is 4.90 Å². The first kappa shape index (κ1) is 16.6. The predicted octanol–water partition coefficient (Wildman–Crippen LogP) is 2.27. The first-order valence-corrected chi connectivity index (χ1v) is 8.87. The normalized spacial score (nSPS) is 23.0. The molecule has 2 aromatic carbocycles. The SMILES string of the molecule is O=C(O)[C@H]1CCCN1C(=O)C1CC(=O)N(c2cccc3ccccc23)C1. The molecule has 6 nitrogen and oxygen atoms in total. The minimum absolute atomic E-state index is 0.0919. The van der Waals surface area contributed by atoms with E-state index in [-0.39, 0.29) is 18.2 Å². The summed E-state index contributed by atoms with van der Waals surface area (Å²) in [6, 6.07) is 12.9. The van der Waals surface area contributed by atoms with Gasteiger partial charge >= 0.3 is 5.97 Å². The maximum absolute atomic E-state index is 12.8. The second-order valence-corrected chi connectivity index (χ2v) is 6.93. The van der Waals surface area contributed by atoms with Crippen LogP contribution in [0.1, 0.15) is 19.3 Å². The van der Waals surface area contributed by atoms with Gasteiger partial charge in [0.05, 0.1) is 11.6 Å². The van der Waals surface area contributed by atoms with Gasteiger partial charge in [0.2, 0.25) is 11.8 Å². The molecule has 2 heterocycles. The fourth-order valence-corrected chi connectivity index (χ4v) is 4.07. The molecule has 6 heteroatoms. The lowest BCUT2D eigenvalue weighted by Crippen LogP contribution is -2.44. The number of hydrogen-bond acceptors (Lipinski definition) is 3. The van der Waals surface area contributed by atoms with Gasteiger partial charge in [-0.25, -0.2) is 4.79 Å². The Bertz CT molecular complexity index is 889. The molecule has 2 fully saturated rings. The summed E-state index contributed by atoms with van der Waals surface area (Å²) >= 11 is 0. The van der Waals surface area contributed by atoms with Crippen LogP contribution in [0.25, 0.3) is 10.8 Å². The van der Waals surface area contributed by atoms with Gasteiger partial charge < -0.3 is 14.9 Å². The third kappa shape index (κ3) is 2.71. The summed E-state index contributed by atoms with van der Waals surface area (Å²) in [6.45, 7) is 0.753. The maximum Gasteiger partial charge on any atom is 0.326 e. The lowest BCUT2D eigenvalue weighted by atomic mass is 10.1. The lowest BCUT2D eigenvalue weighted by Gasteiger charge is -2.25. The van der Waals surface area contributed by atoms with Crippen molar-refractivity contribution in [2.75, 3.05) is 18.0 Å². The minimum Gasteiger partial charge on any atom is -0.480 e. The number of carbonyl (C=O) groups excluding carboxylic acids is 2. The quantitative estimate of drug-likeness (QED) is 0.919. The van der Waals surface area contributed by atoms with Crippen LogP contribution in [0.2, 0.25) is 0 Å². The Morgan fingerprint density at radius 2 is 1.85 bits per heavy atom. The topological polar surface area (TPSA) is 77.9 Å². The minimum atomic E-state index is -0.967. The first-order valence-electron chi connectivity index (χ1n) is 8.87. The molecular weight excluding hydrogens is 332 g/mol. The van der Waals surface area contributed by atoms with Gasteiger partial charge in [0, 0.05) is 24.9 Å². The van der Waals surface area contributed by atoms with E-state index in [0.29, 0.717) is 25.9 Å². The summed E-state index contributed by atoms with van der Waals surface area (Å²) in [7, 11) is 0. The molecule has 2 aliphatic heterocycles. The van der Waals surface area contributed by atoms with Crippen LogP contribution in [0, 0.1) is 5.92 Å². The number of nitrogens with zero attached hydrogens (tertiary/aromatic N) is 2. The molecule has 2 amide bonds. The number of carbonyl (C=O) groups is 3. The van der Waals surface area contributed by atoms with Crippen molar-refractivity contribution in [2.45, 2.75) is 25.3 Å². The Hall–Kier alpha value is -2.89. The van der Waals surface area contributed by atoms with Crippen molar-refractivity contribution in [3.8, 4) is 0 Å². The first-order chi connectivity index (χ1) is 12.6. The van der Waals surface area contributed by atoms with Gasteiger partial charge in [-0.15, -0.1) is 0 Å². The molecule has 2 aliphatic rings. The molecule has 1 N–H and O–H groups in total. The van der Waals surface area contributed by atoms with Crippen LogP contribution >= 0.6 is 0 Å². The van der Waals surface area contributed by atoms with Crippen LogP contribution in [0.3, 0.4) is 0 Å². The smallest absolute Gasteiger partial charge is 0.326 e. The van der Waals surface area contributed by atoms with Crippen molar-refractivity contribution in [1.82, 2.24) is 4.90 Å². The highest BCUT2D eigenvalue weighted by molar-refractivity contribution is 6.07. The average Bonchev–Trinajstić information content (AvgIpc) is 3.27. The molecule has 1 unspecified atom stereocenters. The van der Waals surface area contributed by atoms with Crippen molar-refractivity contribution in [3.63, 3.8) is 0 Å². The van der Waals surface area contributed by atoms with Crippen LogP contribution in [-0.2, 0) is 14.4 Å². The second kappa shape index (κ2) is 6.44. The van der Waals surface area contributed by atoms with Crippen LogP contribution in [-0.4, -0.2) is 46.9 Å². The van der Waals surface area contributed by atoms with Crippen LogP contribution < -0.4 is 4.90 Å². The average molecular weight is 352 g/mol. The number of rotatable bonds is 3. The van der Waals surface area contributed by atoms with Crippen LogP contribution in [0.15, 0.2) is 42.5 Å². The highest BCUT2D eigenvalue weighted by atomic mass is 16.4. The number of benzene rings is 2. The van der Waals surface area contributed by atoms with Gasteiger partial charge in [-0.2, -0.15) is 0 Å². The van der Waals surface area contributed by atoms with Crippen LogP contribution in [0.5, 0.6) is 0 Å². The van der Waals surface area contributed by atoms with Crippen molar-refractivity contribution < 1.29 is 19.5 Å². The van der Waals surface area contributed by atoms with Crippen molar-refractivity contribution >= 4 is 34.2 Å². The van der Waals surface area contributed by atoms with E-state index in [2.05, 4.69) is 0 Å². The number of likely N-dealkylation sites (tertiary alicyclic amines) is 1. The number of carboxylic acid groups (broad SMARTS) is 1. The maximum atomic E-state index is 12.8. The van der Waals surface area contributed by atoms with Gasteiger partial charge in [-0.3, -0.25) is 9.59 Å². The van der Waals surface area contributed by atoms with E-state index in [0.717, 1.165) is 16.5 Å². The molecule has 0 spiro atoms. The van der Waals surface area contributed by atoms with E-state index in [1.807, 2.05) is 42.5 Å². The Kier molecular flexibility index (Phi) is 4.11. The Morgan fingerprint density at radius 1 is 1.08 bits per heavy atom. The van der Waals surface area contributed by atoms with E-state index in [4.69, 9.17) is 0 Å². The largest absolute Gasteiger partial charge is 0.480 e. The molecule has 0 saturated carbocycles. The summed E-state index contributed by atoms with van der Waals surface area (Å²) in [5.74, 6) is -1.76. The van der Waals surface area contributed by atoms with E-state index >= 15 is 0 Å². The molecule has 2 atom stereocenters. The van der Waals surface area contributed by atoms with Crippen molar-refractivity contribution in [3.05, 3.63) is 42.5 Å². The van der Waals surface area contributed by atoms with Gasteiger partial charge in [0.15, 0.2) is 0 Å². The van der Waals surface area contributed by atoms with E-state index < -0.39 is 17.9 Å². The third-order valence-electron chi connectivity index (χ3n) is 5.35. The summed E-state index contributed by atoms with van der Waals surface area (Å²) in [5.41, 5.74) is 0.805. The number of hydrogen-bond donors (Lipinski definition) is 1. The summed E-state index contributed by atoms with van der Waals surface area (Å²) in [4.78, 5) is 39.9. The zero-order valence-electron chi connectivity index (χ0n) is 14.3. The van der Waals surface area contributed by atoms with Gasteiger partial charge in [-0.05, 0) is 24.3 Å². The fraction of sp³-hybridized carbons (Fsp3) is 0.350. The molecule has 0 aliphatic carbocycles. The third-order valence-corrected chi connectivity index (χ3v) is 5.35. The molecule has 4 rings (SSSR count). The summed E-state index contributed by atoms with van der Waals surface area (Å²) in [5, 5.41) is 11.3. The van der Waals surface area contributed by atoms with Gasteiger partial charge in [-0.1, -0.05) is 36.4 Å². The molecule has 0 aromatic heterocycles. The number of amides is 2. The second-order valence-electron chi connectivity index (χ2n) is 6.93. The lowest BCUT2D eigenvalue weighted by molar-refractivity contribution is -0.149. The number of aliphatic carboxylic acids is 1. The molecular formula is C20H20N2O4. The molecule has 2 saturated heterocycles. The van der Waals surface area contributed by atoms with Gasteiger partial charge in [0.1, 0.15) is 6.04 Å². The number of fused-ring (bicyclic) bond motifs is 1. The van der Waals surface area contributed by atoms with E-state index in [9.17, 15) is 19.5 Å². The summed E-state index contributed by atoms with van der Waals surface area (Å²) < 4.78 is 0. The number of carboxylic acids is 1. The standard InChI is InChI=1S/C20H20N2O4/c23-18-11-14(19(24)21-10-4-9-17(21)20(25)26)12-22(18)16-8-3-6-13-5-1-2-7-15(13)16/h1-3,5-8,14,17H,4,9-12H2,(H,25,26)/t14?,17-/m1/s1. The van der Waals surface area contributed by atoms with Crippen LogP contribution in [0.4, 0.5) is 5.69 Å². The van der Waals surface area contributed by atoms with Crippen molar-refractivity contribution in [1.29, 1.82) is 0 Å². The zero-order valence-corrected chi connectivity index (χ0v) is 14.3. The molecule has 134 valence electrons. The highest BCUT2D eigenvalue weighted by Crippen LogP contribution is 2.33. The predicted molar refractivity (Wildman–Crippen MR) is 96.8 cm³/mol. The number of anilines is 1. The summed E-state index contributed by atoms with van der Waals surface area (Å²) in [6.07, 6.45) is 1.30. The monoisotopic (exact) mass is 352 g/mol. The Labute approximate surface area is 151 Å². The van der Waals surface area contributed by atoms with Gasteiger partial charge in [0.25, 0.3) is 0 Å².